The van der Waals surface area contributed by atoms with E-state index in [2.05, 4.69) is 5.32 Å². The summed E-state index contributed by atoms with van der Waals surface area (Å²) in [5.41, 5.74) is 2.33. The maximum Gasteiger partial charge on any atom is 0.317 e. The molecule has 4 nitrogen and oxygen atoms in total. The van der Waals surface area contributed by atoms with Crippen molar-refractivity contribution >= 4 is 11.9 Å². The summed E-state index contributed by atoms with van der Waals surface area (Å²) in [5.74, 6) is -1.01. The van der Waals surface area contributed by atoms with Gasteiger partial charge in [0.1, 0.15) is 12.5 Å². The van der Waals surface area contributed by atoms with Gasteiger partial charge in [0.05, 0.1) is 6.54 Å². The summed E-state index contributed by atoms with van der Waals surface area (Å²) in [6.07, 6.45) is 0. The first-order valence-electron chi connectivity index (χ1n) is 8.85. The number of hydrogen-bond donors (Lipinski definition) is 1. The second-order valence-electron chi connectivity index (χ2n) is 6.04. The van der Waals surface area contributed by atoms with Crippen LogP contribution >= 0.6 is 0 Å². The molecule has 0 atom stereocenters. The lowest BCUT2D eigenvalue weighted by Crippen LogP contribution is -2.29. The van der Waals surface area contributed by atoms with E-state index < -0.39 is 5.92 Å². The van der Waals surface area contributed by atoms with Crippen LogP contribution in [0.25, 0.3) is 0 Å². The van der Waals surface area contributed by atoms with Crippen LogP contribution < -0.4 is 5.32 Å². The number of nitrogens with one attached hydrogen (secondary N) is 1. The minimum Gasteiger partial charge on any atom is -0.463 e. The molecule has 0 aliphatic heterocycles. The van der Waals surface area contributed by atoms with Gasteiger partial charge in [-0.15, -0.1) is 0 Å². The summed E-state index contributed by atoms with van der Waals surface area (Å²) >= 11 is 0. The van der Waals surface area contributed by atoms with Crippen LogP contribution in [0.2, 0.25) is 0 Å². The van der Waals surface area contributed by atoms with Crippen molar-refractivity contribution in [3.8, 4) is 0 Å². The second kappa shape index (κ2) is 9.34. The Morgan fingerprint density at radius 1 is 0.741 bits per heavy atom. The molecule has 136 valence electrons. The lowest BCUT2D eigenvalue weighted by Gasteiger charge is -2.17. The van der Waals surface area contributed by atoms with Crippen LogP contribution in [0.5, 0.6) is 0 Å². The van der Waals surface area contributed by atoms with Gasteiger partial charge in [-0.2, -0.15) is 0 Å². The zero-order chi connectivity index (χ0) is 18.9. The Morgan fingerprint density at radius 2 is 1.22 bits per heavy atom. The van der Waals surface area contributed by atoms with Crippen LogP contribution in [-0.2, 0) is 9.53 Å². The number of rotatable bonds is 7. The molecule has 3 rings (SSSR count). The summed E-state index contributed by atoms with van der Waals surface area (Å²) in [6.45, 7) is 0.378. The molecule has 3 aromatic rings. The number of amides is 1. The molecule has 4 heteroatoms. The van der Waals surface area contributed by atoms with Gasteiger partial charge in [-0.25, -0.2) is 0 Å². The Bertz CT molecular complexity index is 824. The number of carbonyl (C=O) groups excluding carboxylic acids is 2. The molecular formula is C23H21NO3. The van der Waals surface area contributed by atoms with E-state index in [0.717, 1.165) is 11.1 Å². The summed E-state index contributed by atoms with van der Waals surface area (Å²) in [4.78, 5) is 24.7. The van der Waals surface area contributed by atoms with Crippen molar-refractivity contribution in [1.29, 1.82) is 0 Å². The molecule has 0 unspecified atom stereocenters. The normalized spacial score (nSPS) is 10.4. The summed E-state index contributed by atoms with van der Waals surface area (Å²) < 4.78 is 5.45. The number of hydrogen-bond acceptors (Lipinski definition) is 3. The van der Waals surface area contributed by atoms with Crippen LogP contribution in [0.3, 0.4) is 0 Å². The van der Waals surface area contributed by atoms with E-state index in [4.69, 9.17) is 4.74 Å². The average molecular weight is 359 g/mol. The van der Waals surface area contributed by atoms with Gasteiger partial charge in [0.2, 0.25) is 0 Å². The van der Waals surface area contributed by atoms with Crippen molar-refractivity contribution in [2.45, 2.75) is 5.92 Å². The fourth-order valence-electron chi connectivity index (χ4n) is 2.85. The smallest absolute Gasteiger partial charge is 0.317 e. The third-order valence-corrected chi connectivity index (χ3v) is 4.17. The van der Waals surface area contributed by atoms with Crippen LogP contribution in [0.4, 0.5) is 0 Å². The molecule has 1 N–H and O–H groups in total. The first-order valence-corrected chi connectivity index (χ1v) is 8.85. The molecule has 0 aromatic heterocycles. The molecular weight excluding hydrogens is 338 g/mol. The standard InChI is InChI=1S/C23H21NO3/c25-22(20-14-8-3-9-15-20)24-16-17-27-23(26)21(18-10-4-1-5-11-18)19-12-6-2-7-13-19/h1-15,21H,16-17H2,(H,24,25). The van der Waals surface area contributed by atoms with Crippen LogP contribution in [0.15, 0.2) is 91.0 Å². The number of benzene rings is 3. The molecule has 0 bridgehead atoms. The Morgan fingerprint density at radius 3 is 1.74 bits per heavy atom. The zero-order valence-corrected chi connectivity index (χ0v) is 14.9. The summed E-state index contributed by atoms with van der Waals surface area (Å²) in [7, 11) is 0. The van der Waals surface area contributed by atoms with Crippen molar-refractivity contribution in [1.82, 2.24) is 5.32 Å². The van der Waals surface area contributed by atoms with Gasteiger partial charge in [-0.05, 0) is 23.3 Å². The molecule has 0 saturated carbocycles. The van der Waals surface area contributed by atoms with Crippen molar-refractivity contribution in [2.75, 3.05) is 13.2 Å². The molecule has 3 aromatic carbocycles. The van der Waals surface area contributed by atoms with Crippen molar-refractivity contribution in [3.63, 3.8) is 0 Å². The van der Waals surface area contributed by atoms with Gasteiger partial charge < -0.3 is 10.1 Å². The third kappa shape index (κ3) is 5.05. The maximum absolute atomic E-state index is 12.7. The number of ether oxygens (including phenoxy) is 1. The number of esters is 1. The largest absolute Gasteiger partial charge is 0.463 e. The van der Waals surface area contributed by atoms with E-state index in [1.807, 2.05) is 66.7 Å². The summed E-state index contributed by atoms with van der Waals surface area (Å²) in [5, 5.41) is 2.76. The first kappa shape index (κ1) is 18.4. The average Bonchev–Trinajstić information content (AvgIpc) is 2.73. The van der Waals surface area contributed by atoms with Crippen molar-refractivity contribution in [3.05, 3.63) is 108 Å². The Labute approximate surface area is 158 Å². The van der Waals surface area contributed by atoms with E-state index in [1.54, 1.807) is 24.3 Å². The molecule has 0 fully saturated rings. The Kier molecular flexibility index (Phi) is 6.36. The number of carbonyl (C=O) groups is 2. The molecule has 0 radical (unpaired) electrons. The van der Waals surface area contributed by atoms with Crippen molar-refractivity contribution < 1.29 is 14.3 Å². The predicted molar refractivity (Wildman–Crippen MR) is 104 cm³/mol. The first-order chi connectivity index (χ1) is 13.3. The predicted octanol–water partition coefficient (Wildman–Crippen LogP) is 3.79. The van der Waals surface area contributed by atoms with E-state index in [-0.39, 0.29) is 25.0 Å². The Balaban J connectivity index is 1.59. The van der Waals surface area contributed by atoms with Gasteiger partial charge in [0.25, 0.3) is 5.91 Å². The SMILES string of the molecule is O=C(NCCOC(=O)C(c1ccccc1)c1ccccc1)c1ccccc1. The zero-order valence-electron chi connectivity index (χ0n) is 14.9. The molecule has 27 heavy (non-hydrogen) atoms. The van der Waals surface area contributed by atoms with E-state index >= 15 is 0 Å². The second-order valence-corrected chi connectivity index (χ2v) is 6.04. The fourth-order valence-corrected chi connectivity index (χ4v) is 2.85. The Hall–Kier alpha value is -3.40. The summed E-state index contributed by atoms with van der Waals surface area (Å²) in [6, 6.07) is 28.0. The van der Waals surface area contributed by atoms with Gasteiger partial charge in [-0.3, -0.25) is 9.59 Å². The maximum atomic E-state index is 12.7. The molecule has 0 aliphatic rings. The lowest BCUT2D eigenvalue weighted by molar-refractivity contribution is -0.144. The molecule has 0 heterocycles. The van der Waals surface area contributed by atoms with E-state index in [1.165, 1.54) is 0 Å². The topological polar surface area (TPSA) is 55.4 Å². The van der Waals surface area contributed by atoms with Crippen LogP contribution in [0, 0.1) is 0 Å². The fraction of sp³-hybridized carbons (Fsp3) is 0.130. The molecule has 0 spiro atoms. The van der Waals surface area contributed by atoms with Gasteiger partial charge in [0.15, 0.2) is 0 Å². The minimum atomic E-state index is -0.489. The van der Waals surface area contributed by atoms with E-state index in [9.17, 15) is 9.59 Å². The van der Waals surface area contributed by atoms with E-state index in [0.29, 0.717) is 5.56 Å². The lowest BCUT2D eigenvalue weighted by atomic mass is 9.91. The van der Waals surface area contributed by atoms with Gasteiger partial charge in [-0.1, -0.05) is 78.9 Å². The van der Waals surface area contributed by atoms with Crippen LogP contribution in [0.1, 0.15) is 27.4 Å². The molecule has 0 saturated heterocycles. The molecule has 0 aliphatic carbocycles. The van der Waals surface area contributed by atoms with Gasteiger partial charge >= 0.3 is 5.97 Å². The van der Waals surface area contributed by atoms with Crippen LogP contribution in [-0.4, -0.2) is 25.0 Å². The minimum absolute atomic E-state index is 0.119. The molecule has 1 amide bonds. The van der Waals surface area contributed by atoms with Gasteiger partial charge in [0, 0.05) is 5.56 Å². The monoisotopic (exact) mass is 359 g/mol. The quantitative estimate of drug-likeness (QED) is 0.516. The highest BCUT2D eigenvalue weighted by Crippen LogP contribution is 2.25. The highest BCUT2D eigenvalue weighted by molar-refractivity contribution is 5.94. The van der Waals surface area contributed by atoms with Crippen molar-refractivity contribution in [2.24, 2.45) is 0 Å². The third-order valence-electron chi connectivity index (χ3n) is 4.17. The highest BCUT2D eigenvalue weighted by atomic mass is 16.5. The highest BCUT2D eigenvalue weighted by Gasteiger charge is 2.23.